The lowest BCUT2D eigenvalue weighted by atomic mass is 9.76. The molecule has 2 heterocycles. The van der Waals surface area contributed by atoms with Gasteiger partial charge in [-0.2, -0.15) is 5.26 Å². The molecule has 1 aromatic rings. The lowest BCUT2D eigenvalue weighted by Crippen LogP contribution is -2.55. The molecular weight excluding hydrogens is 541 g/mol. The number of piperidine rings is 1. The number of rotatable bonds is 8. The van der Waals surface area contributed by atoms with Crippen LogP contribution in [0.1, 0.15) is 38.7 Å². The normalized spacial score (nSPS) is 18.9. The Morgan fingerprint density at radius 3 is 2.43 bits per heavy atom. The third-order valence-electron chi connectivity index (χ3n) is 7.64. The van der Waals surface area contributed by atoms with E-state index in [9.17, 15) is 29.7 Å². The number of hydrogen-bond donors (Lipinski definition) is 3. The summed E-state index contributed by atoms with van der Waals surface area (Å²) in [5, 5.41) is 31.7. The molecule has 0 radical (unpaired) electrons. The zero-order valence-corrected chi connectivity index (χ0v) is 24.5. The van der Waals surface area contributed by atoms with Crippen molar-refractivity contribution in [2.75, 3.05) is 46.4 Å². The van der Waals surface area contributed by atoms with E-state index in [1.807, 2.05) is 50.2 Å². The van der Waals surface area contributed by atoms with E-state index < -0.39 is 37.1 Å². The minimum absolute atomic E-state index is 0.118. The van der Waals surface area contributed by atoms with E-state index in [0.29, 0.717) is 52.0 Å². The molecule has 3 N–H and O–H groups in total. The van der Waals surface area contributed by atoms with Crippen LogP contribution in [0.3, 0.4) is 0 Å². The van der Waals surface area contributed by atoms with Crippen LogP contribution < -0.4 is 5.32 Å². The van der Waals surface area contributed by atoms with Crippen molar-refractivity contribution in [3.8, 4) is 17.9 Å². The van der Waals surface area contributed by atoms with Crippen LogP contribution >= 0.6 is 0 Å². The summed E-state index contributed by atoms with van der Waals surface area (Å²) in [6.07, 6.45) is -0.0152. The molecule has 12 nitrogen and oxygen atoms in total. The van der Waals surface area contributed by atoms with E-state index in [1.54, 1.807) is 4.90 Å². The maximum atomic E-state index is 13.1. The quantitative estimate of drug-likeness (QED) is 0.302. The van der Waals surface area contributed by atoms with Crippen molar-refractivity contribution in [3.05, 3.63) is 35.9 Å². The summed E-state index contributed by atoms with van der Waals surface area (Å²) in [5.74, 6) is 3.30. The molecule has 3 amide bonds. The average molecular weight is 581 g/mol. The number of piperazine rings is 1. The number of amides is 3. The molecule has 42 heavy (non-hydrogen) atoms. The van der Waals surface area contributed by atoms with Gasteiger partial charge in [0.1, 0.15) is 6.10 Å². The Balaban J connectivity index is 1.51. The first kappa shape index (κ1) is 32.7. The second-order valence-corrected chi connectivity index (χ2v) is 11.1. The zero-order chi connectivity index (χ0) is 30.7. The SMILES string of the molecule is COC(=O)N1CCN(C(C)(C)CC#CC(C#N)C(=O)N2CCCC(OC(=O)NC(Cc3ccccc3)B(O)O)C2)CC1. The van der Waals surface area contributed by atoms with Crippen LogP contribution in [0.2, 0.25) is 0 Å². The van der Waals surface area contributed by atoms with Crippen molar-refractivity contribution in [2.45, 2.75) is 57.1 Å². The number of carbonyl (C=O) groups excluding carboxylic acids is 3. The highest BCUT2D eigenvalue weighted by Gasteiger charge is 2.33. The van der Waals surface area contributed by atoms with Gasteiger partial charge in [-0.1, -0.05) is 42.2 Å². The fourth-order valence-corrected chi connectivity index (χ4v) is 5.11. The minimum atomic E-state index is -1.79. The van der Waals surface area contributed by atoms with E-state index in [4.69, 9.17) is 9.47 Å². The topological polar surface area (TPSA) is 156 Å². The Kier molecular flexibility index (Phi) is 12.0. The number of likely N-dealkylation sites (tertiary alicyclic amines) is 1. The van der Waals surface area contributed by atoms with Gasteiger partial charge in [0.05, 0.1) is 25.7 Å². The number of hydrogen-bond acceptors (Lipinski definition) is 9. The maximum Gasteiger partial charge on any atom is 0.475 e. The summed E-state index contributed by atoms with van der Waals surface area (Å²) in [5.41, 5.74) is 0.495. The summed E-state index contributed by atoms with van der Waals surface area (Å²) in [6, 6.07) is 11.1. The Labute approximate surface area is 247 Å². The second kappa shape index (κ2) is 15.5. The molecule has 3 unspecified atom stereocenters. The number of nitriles is 1. The van der Waals surface area contributed by atoms with E-state index in [1.165, 1.54) is 12.0 Å². The van der Waals surface area contributed by atoms with Gasteiger partial charge in [0, 0.05) is 44.7 Å². The van der Waals surface area contributed by atoms with Crippen molar-refractivity contribution >= 4 is 25.2 Å². The molecule has 13 heteroatoms. The minimum Gasteiger partial charge on any atom is -0.453 e. The molecule has 3 atom stereocenters. The number of carbonyl (C=O) groups is 3. The smallest absolute Gasteiger partial charge is 0.453 e. The van der Waals surface area contributed by atoms with Gasteiger partial charge in [-0.25, -0.2) is 9.59 Å². The zero-order valence-electron chi connectivity index (χ0n) is 24.5. The number of methoxy groups -OCH3 is 1. The predicted molar refractivity (Wildman–Crippen MR) is 154 cm³/mol. The molecule has 0 aromatic heterocycles. The molecule has 0 spiro atoms. The number of nitrogens with zero attached hydrogens (tertiary/aromatic N) is 4. The third-order valence-corrected chi connectivity index (χ3v) is 7.64. The number of nitrogens with one attached hydrogen (secondary N) is 1. The predicted octanol–water partition coefficient (Wildman–Crippen LogP) is 1.02. The fraction of sp³-hybridized carbons (Fsp3) is 0.586. The molecule has 2 aliphatic rings. The van der Waals surface area contributed by atoms with Crippen molar-refractivity contribution in [1.29, 1.82) is 5.26 Å². The molecule has 0 aliphatic carbocycles. The summed E-state index contributed by atoms with van der Waals surface area (Å²) in [4.78, 5) is 42.8. The second-order valence-electron chi connectivity index (χ2n) is 11.1. The Morgan fingerprint density at radius 1 is 1.12 bits per heavy atom. The van der Waals surface area contributed by atoms with Crippen LogP contribution in [-0.4, -0.2) is 114 Å². The van der Waals surface area contributed by atoms with E-state index in [2.05, 4.69) is 22.1 Å². The summed E-state index contributed by atoms with van der Waals surface area (Å²) in [7, 11) is -0.422. The monoisotopic (exact) mass is 581 g/mol. The van der Waals surface area contributed by atoms with Gasteiger partial charge in [0.25, 0.3) is 5.91 Å². The van der Waals surface area contributed by atoms with E-state index in [-0.39, 0.29) is 24.6 Å². The standard InChI is InChI=1S/C29H40BN5O7/c1-29(2,35-17-15-33(16-18-35)28(38)41-3)13-7-11-23(20-31)26(36)34-14-8-12-24(21-34)42-27(37)32-25(30(39)40)19-22-9-5-4-6-10-22/h4-6,9-10,23-25,39-40H,8,12-19,21H2,1-3H3,(H,32,37). The first-order valence-corrected chi connectivity index (χ1v) is 14.2. The first-order valence-electron chi connectivity index (χ1n) is 14.2. The Morgan fingerprint density at radius 2 is 1.81 bits per heavy atom. The highest BCUT2D eigenvalue weighted by atomic mass is 16.6. The Bertz CT molecular complexity index is 1170. The summed E-state index contributed by atoms with van der Waals surface area (Å²) in [6.45, 7) is 7.04. The highest BCUT2D eigenvalue weighted by Crippen LogP contribution is 2.21. The molecular formula is C29H40BN5O7. The van der Waals surface area contributed by atoms with Crippen LogP contribution in [0.5, 0.6) is 0 Å². The van der Waals surface area contributed by atoms with Crippen molar-refractivity contribution in [3.63, 3.8) is 0 Å². The van der Waals surface area contributed by atoms with Crippen molar-refractivity contribution in [2.24, 2.45) is 5.92 Å². The molecule has 2 saturated heterocycles. The number of ether oxygens (including phenoxy) is 2. The number of benzene rings is 1. The fourth-order valence-electron chi connectivity index (χ4n) is 5.11. The van der Waals surface area contributed by atoms with Crippen LogP contribution in [-0.2, 0) is 20.7 Å². The summed E-state index contributed by atoms with van der Waals surface area (Å²) < 4.78 is 10.3. The first-order chi connectivity index (χ1) is 20.0. The van der Waals surface area contributed by atoms with Gasteiger partial charge in [-0.05, 0) is 38.7 Å². The third kappa shape index (κ3) is 9.38. The molecule has 0 saturated carbocycles. The molecule has 0 bridgehead atoms. The van der Waals surface area contributed by atoms with Gasteiger partial charge >= 0.3 is 19.3 Å². The van der Waals surface area contributed by atoms with Gasteiger partial charge in [0.15, 0.2) is 5.92 Å². The van der Waals surface area contributed by atoms with Gasteiger partial charge in [-0.3, -0.25) is 9.69 Å². The molecule has 1 aromatic carbocycles. The van der Waals surface area contributed by atoms with Crippen LogP contribution in [0, 0.1) is 29.1 Å². The van der Waals surface area contributed by atoms with Gasteiger partial charge in [0.2, 0.25) is 0 Å². The lowest BCUT2D eigenvalue weighted by molar-refractivity contribution is -0.135. The van der Waals surface area contributed by atoms with Crippen molar-refractivity contribution in [1.82, 2.24) is 20.0 Å². The molecule has 2 aliphatic heterocycles. The van der Waals surface area contributed by atoms with Gasteiger partial charge < -0.3 is 34.6 Å². The number of alkyl carbamates (subject to hydrolysis) is 1. The molecule has 3 rings (SSSR count). The molecule has 226 valence electrons. The van der Waals surface area contributed by atoms with E-state index in [0.717, 1.165) is 5.56 Å². The van der Waals surface area contributed by atoms with Crippen molar-refractivity contribution < 1.29 is 33.9 Å². The Hall–Kier alpha value is -3.78. The molecule has 2 fully saturated rings. The van der Waals surface area contributed by atoms with Crippen LogP contribution in [0.15, 0.2) is 30.3 Å². The summed E-state index contributed by atoms with van der Waals surface area (Å²) >= 11 is 0. The lowest BCUT2D eigenvalue weighted by Gasteiger charge is -2.42. The largest absolute Gasteiger partial charge is 0.475 e. The van der Waals surface area contributed by atoms with Crippen LogP contribution in [0.25, 0.3) is 0 Å². The highest BCUT2D eigenvalue weighted by molar-refractivity contribution is 6.43. The average Bonchev–Trinajstić information content (AvgIpc) is 2.99. The van der Waals surface area contributed by atoms with E-state index >= 15 is 0 Å². The van der Waals surface area contributed by atoms with Gasteiger partial charge in [-0.15, -0.1) is 0 Å². The maximum absolute atomic E-state index is 13.1. The van der Waals surface area contributed by atoms with Crippen LogP contribution in [0.4, 0.5) is 9.59 Å².